The third kappa shape index (κ3) is 6.40. The number of halogens is 1. The summed E-state index contributed by atoms with van der Waals surface area (Å²) in [6, 6.07) is 6.72. The molecule has 0 aliphatic carbocycles. The summed E-state index contributed by atoms with van der Waals surface area (Å²) in [5.74, 6) is -0.972. The van der Waals surface area contributed by atoms with Gasteiger partial charge in [0, 0.05) is 25.2 Å². The van der Waals surface area contributed by atoms with Crippen LogP contribution in [0.15, 0.2) is 24.3 Å². The normalized spacial score (nSPS) is 11.7. The van der Waals surface area contributed by atoms with Crippen LogP contribution in [0, 0.1) is 0 Å². The van der Waals surface area contributed by atoms with E-state index < -0.39 is 12.1 Å². The smallest absolute Gasteiger partial charge is 0.315 e. The van der Waals surface area contributed by atoms with Gasteiger partial charge in [0.05, 0.1) is 12.5 Å². The largest absolute Gasteiger partial charge is 0.481 e. The molecule has 1 aromatic carbocycles. The molecule has 3 N–H and O–H groups in total. The Balaban J connectivity index is 2.29. The molecule has 0 aliphatic heterocycles. The number of carboxylic acids is 1. The van der Waals surface area contributed by atoms with E-state index in [1.165, 1.54) is 7.11 Å². The van der Waals surface area contributed by atoms with Gasteiger partial charge in [-0.05, 0) is 17.7 Å². The number of carboxylic acid groups (broad SMARTS) is 1. The minimum Gasteiger partial charge on any atom is -0.481 e. The molecule has 0 radical (unpaired) electrons. The monoisotopic (exact) mass is 300 g/mol. The molecule has 7 heteroatoms. The molecule has 0 aromatic heterocycles. The van der Waals surface area contributed by atoms with Crippen LogP contribution in [0.4, 0.5) is 4.79 Å². The van der Waals surface area contributed by atoms with E-state index in [0.29, 0.717) is 11.6 Å². The molecule has 1 unspecified atom stereocenters. The molecule has 110 valence electrons. The van der Waals surface area contributed by atoms with E-state index in [-0.39, 0.29) is 19.0 Å². The Morgan fingerprint density at radius 1 is 1.30 bits per heavy atom. The first-order chi connectivity index (χ1) is 9.51. The Labute approximate surface area is 122 Å². The summed E-state index contributed by atoms with van der Waals surface area (Å²) in [6.45, 7) is 0.495. The van der Waals surface area contributed by atoms with Gasteiger partial charge in [-0.25, -0.2) is 4.79 Å². The standard InChI is InChI=1S/C13H17ClN2O4/c1-20-11(6-12(17)18)8-16-13(19)15-7-9-2-4-10(14)5-3-9/h2-5,11H,6-8H2,1H3,(H,17,18)(H2,15,16,19). The zero-order valence-corrected chi connectivity index (χ0v) is 11.8. The first kappa shape index (κ1) is 16.3. The van der Waals surface area contributed by atoms with Crippen molar-refractivity contribution in [3.8, 4) is 0 Å². The van der Waals surface area contributed by atoms with Crippen molar-refractivity contribution in [3.05, 3.63) is 34.9 Å². The van der Waals surface area contributed by atoms with E-state index in [1.54, 1.807) is 12.1 Å². The first-order valence-corrected chi connectivity index (χ1v) is 6.39. The molecule has 0 aliphatic rings. The summed E-state index contributed by atoms with van der Waals surface area (Å²) in [4.78, 5) is 22.1. The van der Waals surface area contributed by atoms with Crippen LogP contribution >= 0.6 is 11.6 Å². The van der Waals surface area contributed by atoms with Crippen molar-refractivity contribution in [2.24, 2.45) is 0 Å². The molecular weight excluding hydrogens is 284 g/mol. The van der Waals surface area contributed by atoms with Gasteiger partial charge in [-0.2, -0.15) is 0 Å². The highest BCUT2D eigenvalue weighted by Gasteiger charge is 2.13. The number of aliphatic carboxylic acids is 1. The molecule has 0 spiro atoms. The van der Waals surface area contributed by atoms with Crippen molar-refractivity contribution in [1.29, 1.82) is 0 Å². The molecule has 0 fully saturated rings. The minimum atomic E-state index is -0.972. The van der Waals surface area contributed by atoms with Gasteiger partial charge in [-0.1, -0.05) is 23.7 Å². The number of carbonyl (C=O) groups excluding carboxylic acids is 1. The summed E-state index contributed by atoms with van der Waals surface area (Å²) >= 11 is 5.75. The summed E-state index contributed by atoms with van der Waals surface area (Å²) in [5, 5.41) is 14.5. The van der Waals surface area contributed by atoms with Gasteiger partial charge in [0.1, 0.15) is 0 Å². The highest BCUT2D eigenvalue weighted by Crippen LogP contribution is 2.08. The number of rotatable bonds is 7. The van der Waals surface area contributed by atoms with Crippen LogP contribution in [0.1, 0.15) is 12.0 Å². The zero-order valence-electron chi connectivity index (χ0n) is 11.1. The fourth-order valence-corrected chi connectivity index (χ4v) is 1.61. The zero-order chi connectivity index (χ0) is 15.0. The van der Waals surface area contributed by atoms with Crippen molar-refractivity contribution >= 4 is 23.6 Å². The van der Waals surface area contributed by atoms with Crippen molar-refractivity contribution in [2.75, 3.05) is 13.7 Å². The van der Waals surface area contributed by atoms with Crippen LogP contribution in [0.2, 0.25) is 5.02 Å². The molecule has 0 saturated heterocycles. The number of carbonyl (C=O) groups is 2. The van der Waals surface area contributed by atoms with Crippen LogP contribution in [0.3, 0.4) is 0 Å². The van der Waals surface area contributed by atoms with Crippen LogP contribution in [-0.2, 0) is 16.1 Å². The summed E-state index contributed by atoms with van der Waals surface area (Å²) in [6.07, 6.45) is -0.706. The Hall–Kier alpha value is -1.79. The summed E-state index contributed by atoms with van der Waals surface area (Å²) in [5.41, 5.74) is 0.915. The molecule has 2 amide bonds. The molecule has 6 nitrogen and oxygen atoms in total. The number of amides is 2. The van der Waals surface area contributed by atoms with Crippen LogP contribution < -0.4 is 10.6 Å². The fraction of sp³-hybridized carbons (Fsp3) is 0.385. The van der Waals surface area contributed by atoms with Gasteiger partial charge in [-0.15, -0.1) is 0 Å². The van der Waals surface area contributed by atoms with Gasteiger partial charge >= 0.3 is 12.0 Å². The molecule has 1 atom stereocenters. The van der Waals surface area contributed by atoms with Gasteiger partial charge in [0.15, 0.2) is 0 Å². The molecule has 1 rings (SSSR count). The lowest BCUT2D eigenvalue weighted by Crippen LogP contribution is -2.40. The Morgan fingerprint density at radius 2 is 1.95 bits per heavy atom. The highest BCUT2D eigenvalue weighted by atomic mass is 35.5. The topological polar surface area (TPSA) is 87.7 Å². The van der Waals surface area contributed by atoms with Gasteiger partial charge < -0.3 is 20.5 Å². The predicted molar refractivity (Wildman–Crippen MR) is 74.7 cm³/mol. The van der Waals surface area contributed by atoms with E-state index in [9.17, 15) is 9.59 Å². The summed E-state index contributed by atoms with van der Waals surface area (Å²) in [7, 11) is 1.40. The molecule has 0 saturated carbocycles. The Morgan fingerprint density at radius 3 is 2.50 bits per heavy atom. The second-order valence-electron chi connectivity index (χ2n) is 4.15. The van der Waals surface area contributed by atoms with E-state index in [4.69, 9.17) is 21.4 Å². The maximum absolute atomic E-state index is 11.5. The predicted octanol–water partition coefficient (Wildman–Crippen LogP) is 1.63. The second-order valence-corrected chi connectivity index (χ2v) is 4.58. The molecule has 0 bridgehead atoms. The Bertz CT molecular complexity index is 450. The lowest BCUT2D eigenvalue weighted by molar-refractivity contribution is -0.139. The van der Waals surface area contributed by atoms with Gasteiger partial charge in [0.25, 0.3) is 0 Å². The molecule has 20 heavy (non-hydrogen) atoms. The van der Waals surface area contributed by atoms with Crippen molar-refractivity contribution in [3.63, 3.8) is 0 Å². The molecular formula is C13H17ClN2O4. The van der Waals surface area contributed by atoms with E-state index in [2.05, 4.69) is 10.6 Å². The SMILES string of the molecule is COC(CNC(=O)NCc1ccc(Cl)cc1)CC(=O)O. The van der Waals surface area contributed by atoms with Crippen molar-refractivity contribution in [1.82, 2.24) is 10.6 Å². The number of methoxy groups -OCH3 is 1. The van der Waals surface area contributed by atoms with Crippen molar-refractivity contribution < 1.29 is 19.4 Å². The average molecular weight is 301 g/mol. The number of hydrogen-bond acceptors (Lipinski definition) is 3. The molecule has 0 heterocycles. The number of nitrogens with one attached hydrogen (secondary N) is 2. The van der Waals surface area contributed by atoms with Crippen LogP contribution in [0.5, 0.6) is 0 Å². The number of ether oxygens (including phenoxy) is 1. The number of hydrogen-bond donors (Lipinski definition) is 3. The van der Waals surface area contributed by atoms with Gasteiger partial charge in [-0.3, -0.25) is 4.79 Å². The second kappa shape index (κ2) is 8.39. The number of urea groups is 1. The quantitative estimate of drug-likeness (QED) is 0.714. The highest BCUT2D eigenvalue weighted by molar-refractivity contribution is 6.30. The first-order valence-electron chi connectivity index (χ1n) is 6.02. The Kier molecular flexibility index (Phi) is 6.83. The van der Waals surface area contributed by atoms with Gasteiger partial charge in [0.2, 0.25) is 0 Å². The van der Waals surface area contributed by atoms with Crippen molar-refractivity contribution in [2.45, 2.75) is 19.1 Å². The third-order valence-corrected chi connectivity index (χ3v) is 2.84. The lowest BCUT2D eigenvalue weighted by Gasteiger charge is -2.14. The number of benzene rings is 1. The fourth-order valence-electron chi connectivity index (χ4n) is 1.49. The lowest BCUT2D eigenvalue weighted by atomic mass is 10.2. The van der Waals surface area contributed by atoms with E-state index in [0.717, 1.165) is 5.56 Å². The van der Waals surface area contributed by atoms with E-state index >= 15 is 0 Å². The maximum Gasteiger partial charge on any atom is 0.315 e. The maximum atomic E-state index is 11.5. The van der Waals surface area contributed by atoms with Crippen LogP contribution in [-0.4, -0.2) is 36.9 Å². The average Bonchev–Trinajstić information content (AvgIpc) is 2.42. The van der Waals surface area contributed by atoms with Crippen LogP contribution in [0.25, 0.3) is 0 Å². The minimum absolute atomic E-state index is 0.134. The third-order valence-electron chi connectivity index (χ3n) is 2.59. The van der Waals surface area contributed by atoms with E-state index in [1.807, 2.05) is 12.1 Å². The molecule has 1 aromatic rings. The summed E-state index contributed by atoms with van der Waals surface area (Å²) < 4.78 is 4.95.